The van der Waals surface area contributed by atoms with Gasteiger partial charge in [-0.3, -0.25) is 19.4 Å². The van der Waals surface area contributed by atoms with Crippen molar-refractivity contribution in [3.8, 4) is 0 Å². The SMILES string of the molecule is Cc1ccc(NC(=O)c2ccc(CN3C(=O)c4ccc(Cl)cc4CC(=O)[C@H]3Cc3ccccn3)s2)nc1. The number of hydrogen-bond acceptors (Lipinski definition) is 6. The van der Waals surface area contributed by atoms with E-state index in [1.807, 2.05) is 37.3 Å². The molecule has 0 saturated heterocycles. The molecular formula is C28H23ClN4O3S. The highest BCUT2D eigenvalue weighted by Gasteiger charge is 2.36. The number of fused-ring (bicyclic) bond motifs is 1. The Labute approximate surface area is 223 Å². The number of aryl methyl sites for hydroxylation is 1. The van der Waals surface area contributed by atoms with Crippen molar-refractivity contribution in [2.75, 3.05) is 5.32 Å². The highest BCUT2D eigenvalue weighted by Crippen LogP contribution is 2.28. The second-order valence-electron chi connectivity index (χ2n) is 8.86. The van der Waals surface area contributed by atoms with Gasteiger partial charge in [0.2, 0.25) is 0 Å². The smallest absolute Gasteiger partial charge is 0.266 e. The Bertz CT molecular complexity index is 1470. The van der Waals surface area contributed by atoms with Crippen molar-refractivity contribution >= 4 is 46.4 Å². The zero-order chi connectivity index (χ0) is 25.9. The van der Waals surface area contributed by atoms with Gasteiger partial charge in [0.25, 0.3) is 11.8 Å². The van der Waals surface area contributed by atoms with Crippen LogP contribution < -0.4 is 5.32 Å². The van der Waals surface area contributed by atoms with E-state index in [0.717, 1.165) is 16.1 Å². The summed E-state index contributed by atoms with van der Waals surface area (Å²) >= 11 is 7.45. The van der Waals surface area contributed by atoms with Gasteiger partial charge in [0.15, 0.2) is 5.78 Å². The molecule has 4 aromatic rings. The van der Waals surface area contributed by atoms with Gasteiger partial charge >= 0.3 is 0 Å². The van der Waals surface area contributed by atoms with Crippen LogP contribution in [-0.4, -0.2) is 38.5 Å². The Balaban J connectivity index is 1.42. The number of nitrogens with zero attached hydrogens (tertiary/aromatic N) is 3. The number of carbonyl (C=O) groups is 3. The number of aromatic nitrogens is 2. The third kappa shape index (κ3) is 5.60. The van der Waals surface area contributed by atoms with Crippen LogP contribution in [0.5, 0.6) is 0 Å². The molecule has 0 aliphatic carbocycles. The zero-order valence-electron chi connectivity index (χ0n) is 20.0. The summed E-state index contributed by atoms with van der Waals surface area (Å²) in [7, 11) is 0. The number of amides is 2. The molecule has 1 aromatic carbocycles. The largest absolute Gasteiger partial charge is 0.323 e. The molecule has 4 heterocycles. The summed E-state index contributed by atoms with van der Waals surface area (Å²) in [4.78, 5) is 51.4. The molecule has 0 saturated carbocycles. The van der Waals surface area contributed by atoms with Gasteiger partial charge in [-0.1, -0.05) is 23.7 Å². The number of ketones is 1. The van der Waals surface area contributed by atoms with Crippen molar-refractivity contribution in [3.63, 3.8) is 0 Å². The lowest BCUT2D eigenvalue weighted by Crippen LogP contribution is -2.44. The Morgan fingerprint density at radius 1 is 1.11 bits per heavy atom. The maximum absolute atomic E-state index is 13.7. The average molecular weight is 531 g/mol. The van der Waals surface area contributed by atoms with Crippen LogP contribution >= 0.6 is 22.9 Å². The molecule has 0 spiro atoms. The van der Waals surface area contributed by atoms with Crippen LogP contribution in [0.2, 0.25) is 5.02 Å². The summed E-state index contributed by atoms with van der Waals surface area (Å²) < 4.78 is 0. The molecule has 9 heteroatoms. The standard InChI is InChI=1S/C28H23ClN4O3S/c1-17-5-10-26(31-15-17)32-27(35)25-9-7-21(37-25)16-33-23(14-20-4-2-3-11-30-20)24(34)13-18-12-19(29)6-8-22(18)28(33)36/h2-12,15,23H,13-14,16H2,1H3,(H,31,32,35)/t23-/m1/s1. The monoisotopic (exact) mass is 530 g/mol. The van der Waals surface area contributed by atoms with E-state index in [2.05, 4.69) is 15.3 Å². The van der Waals surface area contributed by atoms with Gasteiger partial charge in [0.05, 0.1) is 17.5 Å². The van der Waals surface area contributed by atoms with E-state index in [9.17, 15) is 14.4 Å². The lowest BCUT2D eigenvalue weighted by molar-refractivity contribution is -0.122. The highest BCUT2D eigenvalue weighted by atomic mass is 35.5. The van der Waals surface area contributed by atoms with Crippen molar-refractivity contribution in [1.29, 1.82) is 0 Å². The van der Waals surface area contributed by atoms with Gasteiger partial charge in [0.1, 0.15) is 5.82 Å². The summed E-state index contributed by atoms with van der Waals surface area (Å²) in [6.45, 7) is 2.11. The van der Waals surface area contributed by atoms with E-state index < -0.39 is 6.04 Å². The van der Waals surface area contributed by atoms with Crippen LogP contribution in [-0.2, 0) is 24.2 Å². The number of hydrogen-bond donors (Lipinski definition) is 1. The lowest BCUT2D eigenvalue weighted by atomic mass is 9.99. The fraction of sp³-hybridized carbons (Fsp3) is 0.179. The second-order valence-corrected chi connectivity index (χ2v) is 10.5. The minimum atomic E-state index is -0.704. The van der Waals surface area contributed by atoms with E-state index in [0.29, 0.717) is 33.3 Å². The molecular weight excluding hydrogens is 508 g/mol. The van der Waals surface area contributed by atoms with E-state index in [1.54, 1.807) is 47.6 Å². The van der Waals surface area contributed by atoms with Crippen molar-refractivity contribution in [2.24, 2.45) is 0 Å². The predicted octanol–water partition coefficient (Wildman–Crippen LogP) is 5.13. The quantitative estimate of drug-likeness (QED) is 0.373. The van der Waals surface area contributed by atoms with Gasteiger partial charge in [-0.25, -0.2) is 4.98 Å². The highest BCUT2D eigenvalue weighted by molar-refractivity contribution is 7.14. The summed E-state index contributed by atoms with van der Waals surface area (Å²) in [5.74, 6) is -0.151. The number of anilines is 1. The molecule has 5 rings (SSSR count). The molecule has 0 unspecified atom stereocenters. The fourth-order valence-corrected chi connectivity index (χ4v) is 5.38. The van der Waals surface area contributed by atoms with Gasteiger partial charge in [-0.05, 0) is 66.6 Å². The number of halogens is 1. The molecule has 3 aromatic heterocycles. The molecule has 0 bridgehead atoms. The Morgan fingerprint density at radius 3 is 2.73 bits per heavy atom. The van der Waals surface area contributed by atoms with E-state index in [4.69, 9.17) is 11.6 Å². The zero-order valence-corrected chi connectivity index (χ0v) is 21.6. The van der Waals surface area contributed by atoms with Gasteiger partial charge in [0, 0.05) is 46.4 Å². The summed E-state index contributed by atoms with van der Waals surface area (Å²) in [6.07, 6.45) is 3.76. The first-order valence-electron chi connectivity index (χ1n) is 11.7. The van der Waals surface area contributed by atoms with Crippen molar-refractivity contribution < 1.29 is 14.4 Å². The molecule has 7 nitrogen and oxygen atoms in total. The van der Waals surface area contributed by atoms with Crippen LogP contribution in [0, 0.1) is 6.92 Å². The number of carbonyl (C=O) groups excluding carboxylic acids is 3. The third-order valence-corrected chi connectivity index (χ3v) is 7.47. The Kier molecular flexibility index (Phi) is 7.12. The first kappa shape index (κ1) is 24.8. The van der Waals surface area contributed by atoms with E-state index >= 15 is 0 Å². The predicted molar refractivity (Wildman–Crippen MR) is 143 cm³/mol. The van der Waals surface area contributed by atoms with E-state index in [1.165, 1.54) is 11.3 Å². The molecule has 0 radical (unpaired) electrons. The summed E-state index contributed by atoms with van der Waals surface area (Å²) in [5.41, 5.74) is 2.80. The lowest BCUT2D eigenvalue weighted by Gasteiger charge is -2.29. The number of rotatable bonds is 6. The number of benzene rings is 1. The first-order chi connectivity index (χ1) is 17.9. The molecule has 1 aliphatic heterocycles. The molecule has 186 valence electrons. The maximum Gasteiger partial charge on any atom is 0.266 e. The first-order valence-corrected chi connectivity index (χ1v) is 12.9. The molecule has 1 atom stereocenters. The molecule has 1 aliphatic rings. The second kappa shape index (κ2) is 10.6. The summed E-state index contributed by atoms with van der Waals surface area (Å²) in [6, 6.07) is 17.0. The number of Topliss-reactive ketones (excluding diaryl/α,β-unsaturated/α-hetero) is 1. The van der Waals surface area contributed by atoms with Crippen LogP contribution in [0.1, 0.15) is 41.7 Å². The topological polar surface area (TPSA) is 92.3 Å². The molecule has 37 heavy (non-hydrogen) atoms. The normalized spacial score (nSPS) is 15.3. The number of thiophene rings is 1. The van der Waals surface area contributed by atoms with Gasteiger partial charge in [-0.15, -0.1) is 11.3 Å². The average Bonchev–Trinajstić information content (AvgIpc) is 3.33. The minimum absolute atomic E-state index is 0.0833. The van der Waals surface area contributed by atoms with Crippen molar-refractivity contribution in [3.05, 3.63) is 110 Å². The van der Waals surface area contributed by atoms with Gasteiger partial charge < -0.3 is 10.2 Å². The fourth-order valence-electron chi connectivity index (χ4n) is 4.29. The van der Waals surface area contributed by atoms with Gasteiger partial charge in [-0.2, -0.15) is 0 Å². The molecule has 1 N–H and O–H groups in total. The third-order valence-electron chi connectivity index (χ3n) is 6.16. The minimum Gasteiger partial charge on any atom is -0.323 e. The molecule has 0 fully saturated rings. The van der Waals surface area contributed by atoms with Crippen LogP contribution in [0.4, 0.5) is 5.82 Å². The summed E-state index contributed by atoms with van der Waals surface area (Å²) in [5, 5.41) is 3.27. The van der Waals surface area contributed by atoms with Crippen molar-refractivity contribution in [2.45, 2.75) is 32.4 Å². The van der Waals surface area contributed by atoms with E-state index in [-0.39, 0.29) is 30.6 Å². The van der Waals surface area contributed by atoms with Crippen molar-refractivity contribution in [1.82, 2.24) is 14.9 Å². The van der Waals surface area contributed by atoms with Crippen LogP contribution in [0.3, 0.4) is 0 Å². The van der Waals surface area contributed by atoms with Crippen LogP contribution in [0.15, 0.2) is 73.1 Å². The Morgan fingerprint density at radius 2 is 1.97 bits per heavy atom. The number of pyridine rings is 2. The maximum atomic E-state index is 13.7. The van der Waals surface area contributed by atoms with Crippen LogP contribution in [0.25, 0.3) is 0 Å². The number of nitrogens with one attached hydrogen (secondary N) is 1. The Hall–Kier alpha value is -3.88. The molecule has 2 amide bonds.